The number of hydrogen-bond acceptors (Lipinski definition) is 2. The summed E-state index contributed by atoms with van der Waals surface area (Å²) in [6, 6.07) is 1.48. The van der Waals surface area contributed by atoms with Crippen LogP contribution in [0.5, 0.6) is 0 Å². The topological polar surface area (TPSA) is 24.1 Å². The minimum Gasteiger partial charge on any atom is -0.313 e. The van der Waals surface area contributed by atoms with Gasteiger partial charge in [0, 0.05) is 18.6 Å². The SMILES string of the molecule is CCNC(C)CNC1CC1. The zero-order valence-corrected chi connectivity index (χ0v) is 6.98. The van der Waals surface area contributed by atoms with Gasteiger partial charge in [-0.05, 0) is 26.3 Å². The summed E-state index contributed by atoms with van der Waals surface area (Å²) in [6.45, 7) is 6.57. The smallest absolute Gasteiger partial charge is 0.0164 e. The van der Waals surface area contributed by atoms with Gasteiger partial charge < -0.3 is 10.6 Å². The van der Waals surface area contributed by atoms with E-state index in [0.717, 1.165) is 19.1 Å². The van der Waals surface area contributed by atoms with Gasteiger partial charge in [0.1, 0.15) is 0 Å². The molecule has 1 unspecified atom stereocenters. The Labute approximate surface area is 63.4 Å². The van der Waals surface area contributed by atoms with Crippen LogP contribution in [-0.2, 0) is 0 Å². The standard InChI is InChI=1S/C8H18N2/c1-3-9-7(2)6-10-8-4-5-8/h7-10H,3-6H2,1-2H3. The minimum absolute atomic E-state index is 0.630. The van der Waals surface area contributed by atoms with Crippen LogP contribution in [0.1, 0.15) is 26.7 Å². The summed E-state index contributed by atoms with van der Waals surface area (Å²) < 4.78 is 0. The number of likely N-dealkylation sites (N-methyl/N-ethyl adjacent to an activating group) is 1. The summed E-state index contributed by atoms with van der Waals surface area (Å²) in [5, 5.41) is 6.84. The van der Waals surface area contributed by atoms with Crippen LogP contribution < -0.4 is 10.6 Å². The molecule has 1 saturated carbocycles. The molecule has 0 aromatic carbocycles. The lowest BCUT2D eigenvalue weighted by Gasteiger charge is -2.12. The molecule has 2 heteroatoms. The summed E-state index contributed by atoms with van der Waals surface area (Å²) in [5.41, 5.74) is 0. The molecule has 0 aliphatic heterocycles. The quantitative estimate of drug-likeness (QED) is 0.591. The summed E-state index contributed by atoms with van der Waals surface area (Å²) in [6.07, 6.45) is 2.78. The van der Waals surface area contributed by atoms with Gasteiger partial charge in [-0.2, -0.15) is 0 Å². The number of rotatable bonds is 5. The second-order valence-electron chi connectivity index (χ2n) is 3.14. The summed E-state index contributed by atoms with van der Waals surface area (Å²) >= 11 is 0. The molecule has 0 radical (unpaired) electrons. The van der Waals surface area contributed by atoms with Gasteiger partial charge in [0.15, 0.2) is 0 Å². The first-order chi connectivity index (χ1) is 4.83. The lowest BCUT2D eigenvalue weighted by molar-refractivity contribution is 0.513. The largest absolute Gasteiger partial charge is 0.313 e. The Balaban J connectivity index is 1.89. The average molecular weight is 142 g/mol. The molecule has 10 heavy (non-hydrogen) atoms. The maximum absolute atomic E-state index is 3.48. The summed E-state index contributed by atoms with van der Waals surface area (Å²) in [5.74, 6) is 0. The molecule has 0 heterocycles. The van der Waals surface area contributed by atoms with Gasteiger partial charge in [0.2, 0.25) is 0 Å². The van der Waals surface area contributed by atoms with Crippen LogP contribution in [0.25, 0.3) is 0 Å². The van der Waals surface area contributed by atoms with E-state index in [1.54, 1.807) is 0 Å². The second-order valence-corrected chi connectivity index (χ2v) is 3.14. The third-order valence-corrected chi connectivity index (χ3v) is 1.84. The Bertz CT molecular complexity index is 89.3. The highest BCUT2D eigenvalue weighted by molar-refractivity contribution is 4.82. The van der Waals surface area contributed by atoms with Gasteiger partial charge >= 0.3 is 0 Å². The average Bonchev–Trinajstić information content (AvgIpc) is 2.67. The maximum atomic E-state index is 3.48. The predicted molar refractivity (Wildman–Crippen MR) is 44.2 cm³/mol. The zero-order chi connectivity index (χ0) is 7.40. The van der Waals surface area contributed by atoms with E-state index in [2.05, 4.69) is 24.5 Å². The Kier molecular flexibility index (Phi) is 3.16. The van der Waals surface area contributed by atoms with Crippen LogP contribution in [0.3, 0.4) is 0 Å². The normalized spacial score (nSPS) is 21.0. The molecule has 1 aliphatic carbocycles. The lowest BCUT2D eigenvalue weighted by atomic mass is 10.3. The molecule has 1 fully saturated rings. The van der Waals surface area contributed by atoms with Crippen LogP contribution >= 0.6 is 0 Å². The van der Waals surface area contributed by atoms with E-state index in [-0.39, 0.29) is 0 Å². The Hall–Kier alpha value is -0.0800. The van der Waals surface area contributed by atoms with Gasteiger partial charge in [-0.15, -0.1) is 0 Å². The maximum Gasteiger partial charge on any atom is 0.0164 e. The number of nitrogens with one attached hydrogen (secondary N) is 2. The van der Waals surface area contributed by atoms with E-state index in [1.807, 2.05) is 0 Å². The second kappa shape index (κ2) is 3.94. The molecule has 1 aliphatic rings. The van der Waals surface area contributed by atoms with Gasteiger partial charge in [0.05, 0.1) is 0 Å². The first-order valence-corrected chi connectivity index (χ1v) is 4.29. The predicted octanol–water partition coefficient (Wildman–Crippen LogP) is 0.736. The van der Waals surface area contributed by atoms with Crippen LogP contribution in [-0.4, -0.2) is 25.2 Å². The third kappa shape index (κ3) is 3.18. The molecule has 2 N–H and O–H groups in total. The van der Waals surface area contributed by atoms with Crippen molar-refractivity contribution in [1.82, 2.24) is 10.6 Å². The van der Waals surface area contributed by atoms with Crippen molar-refractivity contribution in [3.05, 3.63) is 0 Å². The lowest BCUT2D eigenvalue weighted by Crippen LogP contribution is -2.36. The molecule has 1 rings (SSSR count). The highest BCUT2D eigenvalue weighted by Gasteiger charge is 2.20. The fourth-order valence-corrected chi connectivity index (χ4v) is 1.05. The molecule has 0 aromatic heterocycles. The highest BCUT2D eigenvalue weighted by Crippen LogP contribution is 2.18. The van der Waals surface area contributed by atoms with Crippen molar-refractivity contribution < 1.29 is 0 Å². The summed E-state index contributed by atoms with van der Waals surface area (Å²) in [4.78, 5) is 0. The van der Waals surface area contributed by atoms with Crippen molar-refractivity contribution in [2.24, 2.45) is 0 Å². The molecule has 0 aromatic rings. The first kappa shape index (κ1) is 8.02. The highest BCUT2D eigenvalue weighted by atomic mass is 15.0. The third-order valence-electron chi connectivity index (χ3n) is 1.84. The Morgan fingerprint density at radius 2 is 2.20 bits per heavy atom. The van der Waals surface area contributed by atoms with Crippen molar-refractivity contribution in [2.45, 2.75) is 38.8 Å². The van der Waals surface area contributed by atoms with Gasteiger partial charge in [-0.3, -0.25) is 0 Å². The Morgan fingerprint density at radius 3 is 2.70 bits per heavy atom. The van der Waals surface area contributed by atoms with E-state index in [0.29, 0.717) is 6.04 Å². The van der Waals surface area contributed by atoms with Crippen molar-refractivity contribution in [1.29, 1.82) is 0 Å². The van der Waals surface area contributed by atoms with Crippen molar-refractivity contribution >= 4 is 0 Å². The molecule has 0 bridgehead atoms. The van der Waals surface area contributed by atoms with Crippen molar-refractivity contribution in [2.75, 3.05) is 13.1 Å². The first-order valence-electron chi connectivity index (χ1n) is 4.29. The zero-order valence-electron chi connectivity index (χ0n) is 6.98. The minimum atomic E-state index is 0.630. The fraction of sp³-hybridized carbons (Fsp3) is 1.00. The molecule has 0 saturated heterocycles. The molecular weight excluding hydrogens is 124 g/mol. The molecular formula is C8H18N2. The monoisotopic (exact) mass is 142 g/mol. The van der Waals surface area contributed by atoms with Gasteiger partial charge in [0.25, 0.3) is 0 Å². The van der Waals surface area contributed by atoms with Crippen molar-refractivity contribution in [3.63, 3.8) is 0 Å². The Morgan fingerprint density at radius 1 is 1.50 bits per heavy atom. The van der Waals surface area contributed by atoms with Crippen molar-refractivity contribution in [3.8, 4) is 0 Å². The van der Waals surface area contributed by atoms with E-state index >= 15 is 0 Å². The molecule has 60 valence electrons. The van der Waals surface area contributed by atoms with Gasteiger partial charge in [-0.1, -0.05) is 6.92 Å². The van der Waals surface area contributed by atoms with E-state index in [1.165, 1.54) is 12.8 Å². The molecule has 0 amide bonds. The van der Waals surface area contributed by atoms with Gasteiger partial charge in [-0.25, -0.2) is 0 Å². The summed E-state index contributed by atoms with van der Waals surface area (Å²) in [7, 11) is 0. The molecule has 0 spiro atoms. The molecule has 2 nitrogen and oxygen atoms in total. The molecule has 1 atom stereocenters. The van der Waals surface area contributed by atoms with Crippen LogP contribution in [0.2, 0.25) is 0 Å². The van der Waals surface area contributed by atoms with Crippen LogP contribution in [0.15, 0.2) is 0 Å². The van der Waals surface area contributed by atoms with Crippen LogP contribution in [0, 0.1) is 0 Å². The fourth-order valence-electron chi connectivity index (χ4n) is 1.05. The van der Waals surface area contributed by atoms with E-state index in [9.17, 15) is 0 Å². The number of hydrogen-bond donors (Lipinski definition) is 2. The van der Waals surface area contributed by atoms with E-state index in [4.69, 9.17) is 0 Å². The van der Waals surface area contributed by atoms with Crippen LogP contribution in [0.4, 0.5) is 0 Å². The van der Waals surface area contributed by atoms with E-state index < -0.39 is 0 Å².